The largest absolute Gasteiger partial charge is 0.289 e. The molecule has 1 saturated heterocycles. The Bertz CT molecular complexity index is 389. The number of hydrogen-bond donors (Lipinski definition) is 1. The number of carbonyl (C=O) groups excluding carboxylic acids is 1. The maximum atomic E-state index is 11.9. The van der Waals surface area contributed by atoms with E-state index in [-0.39, 0.29) is 5.91 Å². The second-order valence-corrected chi connectivity index (χ2v) is 5.21. The summed E-state index contributed by atoms with van der Waals surface area (Å²) < 4.78 is 0.994. The quantitative estimate of drug-likeness (QED) is 0.929. The van der Waals surface area contributed by atoms with Crippen LogP contribution in [-0.2, 0) is 11.2 Å². The average Bonchev–Trinajstić information content (AvgIpc) is 2.33. The van der Waals surface area contributed by atoms with E-state index in [1.807, 2.05) is 29.3 Å². The molecular formula is C13H17BrN2O. The lowest BCUT2D eigenvalue weighted by Gasteiger charge is -2.26. The summed E-state index contributed by atoms with van der Waals surface area (Å²) in [6.45, 7) is 1.95. The van der Waals surface area contributed by atoms with Gasteiger partial charge in [0.15, 0.2) is 0 Å². The highest BCUT2D eigenvalue weighted by Crippen LogP contribution is 2.16. The van der Waals surface area contributed by atoms with E-state index in [1.165, 1.54) is 19.3 Å². The summed E-state index contributed by atoms with van der Waals surface area (Å²) in [5.74, 6) is 0.0683. The smallest absolute Gasteiger partial charge is 0.238 e. The number of carbonyl (C=O) groups is 1. The molecule has 0 aliphatic carbocycles. The Balaban J connectivity index is 1.86. The van der Waals surface area contributed by atoms with Crippen LogP contribution in [0.25, 0.3) is 0 Å². The summed E-state index contributed by atoms with van der Waals surface area (Å²) in [6, 6.07) is 7.84. The second kappa shape index (κ2) is 6.17. The Hall–Kier alpha value is -0.870. The van der Waals surface area contributed by atoms with Crippen LogP contribution in [0, 0.1) is 0 Å². The van der Waals surface area contributed by atoms with Gasteiger partial charge in [0.2, 0.25) is 5.91 Å². The lowest BCUT2D eigenvalue weighted by Crippen LogP contribution is -2.45. The van der Waals surface area contributed by atoms with Gasteiger partial charge in [-0.1, -0.05) is 40.5 Å². The van der Waals surface area contributed by atoms with Crippen LogP contribution in [0.4, 0.5) is 0 Å². The zero-order chi connectivity index (χ0) is 12.1. The third kappa shape index (κ3) is 3.82. The number of nitrogens with zero attached hydrogens (tertiary/aromatic N) is 1. The van der Waals surface area contributed by atoms with E-state index in [2.05, 4.69) is 21.4 Å². The van der Waals surface area contributed by atoms with Crippen molar-refractivity contribution < 1.29 is 4.79 Å². The third-order valence-corrected chi connectivity index (χ3v) is 3.72. The number of hydrazine groups is 1. The van der Waals surface area contributed by atoms with Crippen LogP contribution in [0.15, 0.2) is 28.7 Å². The highest BCUT2D eigenvalue weighted by atomic mass is 79.9. The number of nitrogens with one attached hydrogen (secondary N) is 1. The molecular weight excluding hydrogens is 280 g/mol. The van der Waals surface area contributed by atoms with Crippen LogP contribution >= 0.6 is 15.9 Å². The predicted molar refractivity (Wildman–Crippen MR) is 71.4 cm³/mol. The van der Waals surface area contributed by atoms with Crippen LogP contribution in [-0.4, -0.2) is 24.0 Å². The molecule has 2 rings (SSSR count). The number of amides is 1. The van der Waals surface area contributed by atoms with Gasteiger partial charge in [0.05, 0.1) is 6.42 Å². The number of hydrogen-bond acceptors (Lipinski definition) is 2. The maximum Gasteiger partial charge on any atom is 0.238 e. The first-order chi connectivity index (χ1) is 8.25. The van der Waals surface area contributed by atoms with E-state index in [1.54, 1.807) is 0 Å². The second-order valence-electron chi connectivity index (χ2n) is 4.35. The highest BCUT2D eigenvalue weighted by Gasteiger charge is 2.13. The van der Waals surface area contributed by atoms with E-state index < -0.39 is 0 Å². The van der Waals surface area contributed by atoms with Crippen molar-refractivity contribution in [3.63, 3.8) is 0 Å². The van der Waals surface area contributed by atoms with Crippen molar-refractivity contribution in [1.29, 1.82) is 0 Å². The third-order valence-electron chi connectivity index (χ3n) is 2.95. The molecule has 92 valence electrons. The monoisotopic (exact) mass is 296 g/mol. The van der Waals surface area contributed by atoms with Gasteiger partial charge < -0.3 is 0 Å². The first-order valence-electron chi connectivity index (χ1n) is 6.03. The molecule has 1 amide bonds. The molecule has 1 aromatic rings. The maximum absolute atomic E-state index is 11.9. The molecule has 17 heavy (non-hydrogen) atoms. The summed E-state index contributed by atoms with van der Waals surface area (Å²) in [5.41, 5.74) is 4.00. The van der Waals surface area contributed by atoms with E-state index >= 15 is 0 Å². The molecule has 0 unspecified atom stereocenters. The highest BCUT2D eigenvalue weighted by molar-refractivity contribution is 9.10. The number of piperidine rings is 1. The lowest BCUT2D eigenvalue weighted by atomic mass is 10.1. The topological polar surface area (TPSA) is 32.3 Å². The van der Waals surface area contributed by atoms with E-state index in [0.717, 1.165) is 23.1 Å². The molecule has 4 heteroatoms. The molecule has 1 aliphatic heterocycles. The van der Waals surface area contributed by atoms with Gasteiger partial charge in [-0.05, 0) is 24.5 Å². The van der Waals surface area contributed by atoms with Crippen LogP contribution in [0.5, 0.6) is 0 Å². The minimum Gasteiger partial charge on any atom is -0.289 e. The van der Waals surface area contributed by atoms with Crippen LogP contribution in [0.2, 0.25) is 0 Å². The molecule has 3 nitrogen and oxygen atoms in total. The SMILES string of the molecule is O=C(Cc1ccccc1Br)NN1CCCCC1. The average molecular weight is 297 g/mol. The van der Waals surface area contributed by atoms with Gasteiger partial charge in [-0.15, -0.1) is 0 Å². The molecule has 0 saturated carbocycles. The fourth-order valence-corrected chi connectivity index (χ4v) is 2.46. The molecule has 0 bridgehead atoms. The molecule has 0 spiro atoms. The summed E-state index contributed by atoms with van der Waals surface area (Å²) in [7, 11) is 0. The van der Waals surface area contributed by atoms with E-state index in [0.29, 0.717) is 6.42 Å². The van der Waals surface area contributed by atoms with Crippen molar-refractivity contribution >= 4 is 21.8 Å². The number of halogens is 1. The van der Waals surface area contributed by atoms with Crippen molar-refractivity contribution in [2.45, 2.75) is 25.7 Å². The Morgan fingerprint density at radius 1 is 1.24 bits per heavy atom. The molecule has 1 aliphatic rings. The predicted octanol–water partition coefficient (Wildman–Crippen LogP) is 2.51. The number of rotatable bonds is 3. The minimum absolute atomic E-state index is 0.0683. The molecule has 0 radical (unpaired) electrons. The molecule has 0 aromatic heterocycles. The first kappa shape index (κ1) is 12.6. The van der Waals surface area contributed by atoms with Gasteiger partial charge in [-0.2, -0.15) is 0 Å². The van der Waals surface area contributed by atoms with Gasteiger partial charge in [0, 0.05) is 17.6 Å². The summed E-state index contributed by atoms with van der Waals surface area (Å²) in [5, 5.41) is 2.03. The van der Waals surface area contributed by atoms with Crippen LogP contribution in [0.3, 0.4) is 0 Å². The number of benzene rings is 1. The van der Waals surface area contributed by atoms with Gasteiger partial charge in [0.1, 0.15) is 0 Å². The lowest BCUT2D eigenvalue weighted by molar-refractivity contribution is -0.125. The van der Waals surface area contributed by atoms with Gasteiger partial charge in [-0.3, -0.25) is 10.2 Å². The van der Waals surface area contributed by atoms with Crippen molar-refractivity contribution in [3.8, 4) is 0 Å². The summed E-state index contributed by atoms with van der Waals surface area (Å²) in [4.78, 5) is 11.9. The normalized spacial score (nSPS) is 16.8. The van der Waals surface area contributed by atoms with Crippen molar-refractivity contribution in [2.75, 3.05) is 13.1 Å². The Labute approximate surface area is 110 Å². The fourth-order valence-electron chi connectivity index (χ4n) is 2.04. The van der Waals surface area contributed by atoms with Crippen molar-refractivity contribution in [3.05, 3.63) is 34.3 Å². The molecule has 1 N–H and O–H groups in total. The Morgan fingerprint density at radius 2 is 1.94 bits per heavy atom. The van der Waals surface area contributed by atoms with Gasteiger partial charge >= 0.3 is 0 Å². The zero-order valence-corrected chi connectivity index (χ0v) is 11.4. The standard InChI is InChI=1S/C13H17BrN2O/c14-12-7-3-2-6-11(12)10-13(17)15-16-8-4-1-5-9-16/h2-3,6-7H,1,4-5,8-10H2,(H,15,17). The minimum atomic E-state index is 0.0683. The van der Waals surface area contributed by atoms with Crippen molar-refractivity contribution in [2.24, 2.45) is 0 Å². The van der Waals surface area contributed by atoms with Crippen molar-refractivity contribution in [1.82, 2.24) is 10.4 Å². The molecule has 1 aromatic carbocycles. The fraction of sp³-hybridized carbons (Fsp3) is 0.462. The summed E-state index contributed by atoms with van der Waals surface area (Å²) >= 11 is 3.46. The van der Waals surface area contributed by atoms with Crippen LogP contribution in [0.1, 0.15) is 24.8 Å². The van der Waals surface area contributed by atoms with E-state index in [4.69, 9.17) is 0 Å². The van der Waals surface area contributed by atoms with E-state index in [9.17, 15) is 4.79 Å². The van der Waals surface area contributed by atoms with Gasteiger partial charge in [0.25, 0.3) is 0 Å². The molecule has 1 heterocycles. The Morgan fingerprint density at radius 3 is 2.65 bits per heavy atom. The Kier molecular flexibility index (Phi) is 4.57. The zero-order valence-electron chi connectivity index (χ0n) is 9.79. The molecule has 1 fully saturated rings. The summed E-state index contributed by atoms with van der Waals surface area (Å²) in [6.07, 6.45) is 4.05. The molecule has 0 atom stereocenters. The van der Waals surface area contributed by atoms with Gasteiger partial charge in [-0.25, -0.2) is 5.01 Å². The van der Waals surface area contributed by atoms with Crippen LogP contribution < -0.4 is 5.43 Å². The first-order valence-corrected chi connectivity index (χ1v) is 6.83.